The van der Waals surface area contributed by atoms with Gasteiger partial charge in [-0.15, -0.1) is 12.4 Å². The van der Waals surface area contributed by atoms with Crippen LogP contribution in [0.4, 0.5) is 5.69 Å². The zero-order valence-corrected chi connectivity index (χ0v) is 11.5. The molecule has 0 aromatic heterocycles. The summed E-state index contributed by atoms with van der Waals surface area (Å²) in [7, 11) is 4.12. The van der Waals surface area contributed by atoms with E-state index in [-0.39, 0.29) is 12.4 Å². The van der Waals surface area contributed by atoms with Crippen molar-refractivity contribution >= 4 is 18.1 Å². The lowest BCUT2D eigenvalue weighted by Crippen LogP contribution is -2.24. The van der Waals surface area contributed by atoms with Crippen LogP contribution in [0.15, 0.2) is 24.3 Å². The van der Waals surface area contributed by atoms with Crippen molar-refractivity contribution in [3.8, 4) is 0 Å². The fourth-order valence-corrected chi connectivity index (χ4v) is 1.35. The van der Waals surface area contributed by atoms with E-state index in [1.165, 1.54) is 17.7 Å². The Balaban J connectivity index is 0.00000225. The van der Waals surface area contributed by atoms with Crippen molar-refractivity contribution in [3.63, 3.8) is 0 Å². The third kappa shape index (κ3) is 4.86. The summed E-state index contributed by atoms with van der Waals surface area (Å²) < 4.78 is 0. The minimum Gasteiger partial charge on any atom is -0.378 e. The molecule has 0 radical (unpaired) electrons. The largest absolute Gasteiger partial charge is 0.378 e. The molecule has 1 N–H and O–H groups in total. The van der Waals surface area contributed by atoms with E-state index in [0.29, 0.717) is 6.04 Å². The average molecular weight is 243 g/mol. The molecule has 1 rings (SSSR count). The smallest absolute Gasteiger partial charge is 0.0361 e. The fourth-order valence-electron chi connectivity index (χ4n) is 1.35. The van der Waals surface area contributed by atoms with Gasteiger partial charge >= 0.3 is 0 Å². The maximum Gasteiger partial charge on any atom is 0.0361 e. The van der Waals surface area contributed by atoms with E-state index in [9.17, 15) is 0 Å². The second-order valence-electron chi connectivity index (χ2n) is 4.25. The van der Waals surface area contributed by atoms with E-state index in [0.717, 1.165) is 6.54 Å². The molecule has 0 aliphatic heterocycles. The topological polar surface area (TPSA) is 15.3 Å². The molecule has 0 aliphatic rings. The molecule has 1 unspecified atom stereocenters. The van der Waals surface area contributed by atoms with Crippen molar-refractivity contribution in [2.24, 2.45) is 0 Å². The van der Waals surface area contributed by atoms with Gasteiger partial charge in [0.1, 0.15) is 0 Å². The highest BCUT2D eigenvalue weighted by Gasteiger charge is 1.99. The Morgan fingerprint density at radius 2 is 1.75 bits per heavy atom. The first-order valence-corrected chi connectivity index (χ1v) is 5.63. The summed E-state index contributed by atoms with van der Waals surface area (Å²) >= 11 is 0. The normalized spacial score (nSPS) is 11.8. The van der Waals surface area contributed by atoms with Gasteiger partial charge in [-0.2, -0.15) is 0 Å². The minimum absolute atomic E-state index is 0. The van der Waals surface area contributed by atoms with Gasteiger partial charge in [0.15, 0.2) is 0 Å². The molecule has 0 spiro atoms. The van der Waals surface area contributed by atoms with Gasteiger partial charge in [-0.1, -0.05) is 19.1 Å². The van der Waals surface area contributed by atoms with E-state index in [1.807, 2.05) is 0 Å². The van der Waals surface area contributed by atoms with Crippen molar-refractivity contribution in [1.29, 1.82) is 0 Å². The maximum atomic E-state index is 3.48. The highest BCUT2D eigenvalue weighted by molar-refractivity contribution is 5.85. The van der Waals surface area contributed by atoms with Gasteiger partial charge in [0.2, 0.25) is 0 Å². The number of hydrogen-bond acceptors (Lipinski definition) is 2. The third-order valence-corrected chi connectivity index (χ3v) is 2.72. The second kappa shape index (κ2) is 7.53. The summed E-state index contributed by atoms with van der Waals surface area (Å²) in [6.45, 7) is 5.38. The van der Waals surface area contributed by atoms with Gasteiger partial charge in [0, 0.05) is 32.4 Å². The summed E-state index contributed by atoms with van der Waals surface area (Å²) in [5, 5.41) is 3.48. The molecule has 16 heavy (non-hydrogen) atoms. The summed E-state index contributed by atoms with van der Waals surface area (Å²) in [4.78, 5) is 2.12. The Bertz CT molecular complexity index is 282. The van der Waals surface area contributed by atoms with E-state index >= 15 is 0 Å². The summed E-state index contributed by atoms with van der Waals surface area (Å²) in [5.74, 6) is 0. The Hall–Kier alpha value is -0.730. The zero-order valence-electron chi connectivity index (χ0n) is 10.7. The highest BCUT2D eigenvalue weighted by Crippen LogP contribution is 2.12. The van der Waals surface area contributed by atoms with Crippen molar-refractivity contribution in [1.82, 2.24) is 5.32 Å². The standard InChI is InChI=1S/C13H22N2.ClH/c1-5-11(2)14-10-12-6-8-13(9-7-12)15(3)4;/h6-9,11,14H,5,10H2,1-4H3;1H. The Morgan fingerprint density at radius 1 is 1.19 bits per heavy atom. The first-order valence-electron chi connectivity index (χ1n) is 5.63. The lowest BCUT2D eigenvalue weighted by atomic mass is 10.2. The molecule has 0 bridgehead atoms. The molecular weight excluding hydrogens is 220 g/mol. The molecular formula is C13H23ClN2. The van der Waals surface area contributed by atoms with Gasteiger partial charge in [-0.3, -0.25) is 0 Å². The van der Waals surface area contributed by atoms with Crippen LogP contribution in [-0.2, 0) is 6.54 Å². The number of benzene rings is 1. The minimum atomic E-state index is 0. The first kappa shape index (κ1) is 15.3. The van der Waals surface area contributed by atoms with Crippen LogP contribution in [-0.4, -0.2) is 20.1 Å². The molecule has 0 heterocycles. The lowest BCUT2D eigenvalue weighted by molar-refractivity contribution is 0.534. The highest BCUT2D eigenvalue weighted by atomic mass is 35.5. The van der Waals surface area contributed by atoms with Gasteiger partial charge in [0.05, 0.1) is 0 Å². The van der Waals surface area contributed by atoms with Crippen LogP contribution in [0.5, 0.6) is 0 Å². The quantitative estimate of drug-likeness (QED) is 0.854. The first-order chi connectivity index (χ1) is 7.13. The molecule has 92 valence electrons. The number of nitrogens with zero attached hydrogens (tertiary/aromatic N) is 1. The summed E-state index contributed by atoms with van der Waals surface area (Å²) in [6.07, 6.45) is 1.18. The second-order valence-corrected chi connectivity index (χ2v) is 4.25. The van der Waals surface area contributed by atoms with Gasteiger partial charge in [0.25, 0.3) is 0 Å². The Morgan fingerprint density at radius 3 is 2.19 bits per heavy atom. The average Bonchev–Trinajstić information content (AvgIpc) is 2.26. The van der Waals surface area contributed by atoms with Crippen LogP contribution < -0.4 is 10.2 Å². The van der Waals surface area contributed by atoms with Crippen molar-refractivity contribution < 1.29 is 0 Å². The molecule has 2 nitrogen and oxygen atoms in total. The third-order valence-electron chi connectivity index (χ3n) is 2.72. The van der Waals surface area contributed by atoms with E-state index in [4.69, 9.17) is 0 Å². The number of hydrogen-bond donors (Lipinski definition) is 1. The monoisotopic (exact) mass is 242 g/mol. The predicted octanol–water partition coefficient (Wildman–Crippen LogP) is 3.06. The molecule has 1 atom stereocenters. The van der Waals surface area contributed by atoms with Crippen LogP contribution in [0.25, 0.3) is 0 Å². The van der Waals surface area contributed by atoms with Crippen LogP contribution in [0, 0.1) is 0 Å². The molecule has 0 fully saturated rings. The number of rotatable bonds is 5. The molecule has 0 aliphatic carbocycles. The van der Waals surface area contributed by atoms with E-state index in [2.05, 4.69) is 62.4 Å². The number of anilines is 1. The molecule has 1 aromatic rings. The van der Waals surface area contributed by atoms with Crippen molar-refractivity contribution in [2.45, 2.75) is 32.9 Å². The van der Waals surface area contributed by atoms with Gasteiger partial charge in [-0.05, 0) is 31.0 Å². The van der Waals surface area contributed by atoms with Gasteiger partial charge < -0.3 is 10.2 Å². The SMILES string of the molecule is CCC(C)NCc1ccc(N(C)C)cc1.Cl. The zero-order chi connectivity index (χ0) is 11.3. The fraction of sp³-hybridized carbons (Fsp3) is 0.538. The van der Waals surface area contributed by atoms with Crippen molar-refractivity contribution in [3.05, 3.63) is 29.8 Å². The molecule has 0 amide bonds. The van der Waals surface area contributed by atoms with E-state index in [1.54, 1.807) is 0 Å². The summed E-state index contributed by atoms with van der Waals surface area (Å²) in [6, 6.07) is 9.29. The van der Waals surface area contributed by atoms with Crippen LogP contribution in [0.2, 0.25) is 0 Å². The van der Waals surface area contributed by atoms with E-state index < -0.39 is 0 Å². The summed E-state index contributed by atoms with van der Waals surface area (Å²) in [5.41, 5.74) is 2.60. The Labute approximate surface area is 105 Å². The number of halogens is 1. The molecule has 0 saturated carbocycles. The van der Waals surface area contributed by atoms with Crippen LogP contribution in [0.3, 0.4) is 0 Å². The molecule has 0 saturated heterocycles. The maximum absolute atomic E-state index is 3.48. The molecule has 1 aromatic carbocycles. The molecule has 3 heteroatoms. The lowest BCUT2D eigenvalue weighted by Gasteiger charge is -2.14. The Kier molecular flexibility index (Phi) is 7.18. The van der Waals surface area contributed by atoms with Crippen molar-refractivity contribution in [2.75, 3.05) is 19.0 Å². The van der Waals surface area contributed by atoms with Gasteiger partial charge in [-0.25, -0.2) is 0 Å². The predicted molar refractivity (Wildman–Crippen MR) is 74.6 cm³/mol. The number of nitrogens with one attached hydrogen (secondary N) is 1. The van der Waals surface area contributed by atoms with Crippen LogP contribution >= 0.6 is 12.4 Å². The van der Waals surface area contributed by atoms with Crippen LogP contribution in [0.1, 0.15) is 25.8 Å².